The van der Waals surface area contributed by atoms with E-state index in [-0.39, 0.29) is 30.6 Å². The lowest BCUT2D eigenvalue weighted by Gasteiger charge is -2.36. The molecule has 0 bridgehead atoms. The highest BCUT2D eigenvalue weighted by Crippen LogP contribution is 2.39. The van der Waals surface area contributed by atoms with E-state index in [9.17, 15) is 19.9 Å². The number of nitrogen functional groups attached to an aromatic ring is 1. The lowest BCUT2D eigenvalue weighted by atomic mass is 9.99. The number of hydrogen-bond acceptors (Lipinski definition) is 8. The third-order valence-electron chi connectivity index (χ3n) is 9.05. The van der Waals surface area contributed by atoms with Gasteiger partial charge in [0.15, 0.2) is 12.5 Å². The monoisotopic (exact) mass is 732 g/mol. The van der Waals surface area contributed by atoms with E-state index in [1.165, 1.54) is 18.0 Å². The number of benzene rings is 4. The van der Waals surface area contributed by atoms with Crippen LogP contribution in [0.5, 0.6) is 0 Å². The Hall–Kier alpha value is -5.20. The highest BCUT2D eigenvalue weighted by Gasteiger charge is 2.32. The Kier molecular flexibility index (Phi) is 13.1. The summed E-state index contributed by atoms with van der Waals surface area (Å²) in [6.45, 7) is 0.375. The number of amides is 2. The first-order valence-corrected chi connectivity index (χ1v) is 18.7. The largest absolute Gasteiger partial charge is 0.618 e. The molecule has 3 unspecified atom stereocenters. The van der Waals surface area contributed by atoms with Crippen molar-refractivity contribution in [3.05, 3.63) is 149 Å². The Morgan fingerprint density at radius 2 is 1.55 bits per heavy atom. The SMILES string of the molecule is Nc1ccccc1NC(=O)CCCCC(=O)NCc1cccc(-c2ccc(C3OC(CSc4cccc[n+]4[O-])CC(c4ccc(CO)cc4)O3)cc2)c1. The molecule has 0 radical (unpaired) electrons. The van der Waals surface area contributed by atoms with Crippen LogP contribution in [-0.4, -0.2) is 28.8 Å². The van der Waals surface area contributed by atoms with Crippen LogP contribution in [0.25, 0.3) is 11.1 Å². The number of nitrogens with two attached hydrogens (primary N) is 1. The standard InChI is InChI=1S/C42H44N4O6S/c43-36-10-1-2-11-37(36)45-40(49)13-4-3-12-39(48)44-26-30-8-7-9-34(24-30)31-19-21-33(22-20-31)42-51-35(28-53-41-14-5-6-23-46(41)50)25-38(52-42)32-17-15-29(27-47)16-18-32/h1-2,5-11,14-24,35,38,42,47H,3-4,12-13,25-28,43H2,(H,44,48)(H,45,49). The third-order valence-corrected chi connectivity index (χ3v) is 10.2. The smallest absolute Gasteiger partial charge is 0.251 e. The number of carbonyl (C=O) groups is 2. The molecule has 274 valence electrons. The first-order chi connectivity index (χ1) is 25.8. The van der Waals surface area contributed by atoms with Gasteiger partial charge in [0.1, 0.15) is 0 Å². The van der Waals surface area contributed by atoms with Gasteiger partial charge in [-0.3, -0.25) is 9.59 Å². The summed E-state index contributed by atoms with van der Waals surface area (Å²) in [5.41, 5.74) is 12.7. The second-order valence-electron chi connectivity index (χ2n) is 13.0. The molecule has 6 rings (SSSR count). The van der Waals surface area contributed by atoms with Crippen molar-refractivity contribution in [1.29, 1.82) is 0 Å². The molecule has 2 amide bonds. The maximum atomic E-state index is 12.6. The van der Waals surface area contributed by atoms with Crippen molar-refractivity contribution < 1.29 is 28.9 Å². The van der Waals surface area contributed by atoms with Gasteiger partial charge in [-0.05, 0) is 64.9 Å². The third kappa shape index (κ3) is 10.7. The van der Waals surface area contributed by atoms with Gasteiger partial charge < -0.3 is 36.2 Å². The summed E-state index contributed by atoms with van der Waals surface area (Å²) in [5.74, 6) is 0.401. The van der Waals surface area contributed by atoms with Crippen molar-refractivity contribution in [2.24, 2.45) is 0 Å². The van der Waals surface area contributed by atoms with Gasteiger partial charge in [-0.2, -0.15) is 4.73 Å². The Bertz CT molecular complexity index is 1970. The van der Waals surface area contributed by atoms with E-state index in [1.807, 2.05) is 84.9 Å². The summed E-state index contributed by atoms with van der Waals surface area (Å²) < 4.78 is 13.8. The summed E-state index contributed by atoms with van der Waals surface area (Å²) in [5, 5.41) is 28.2. The van der Waals surface area contributed by atoms with Crippen molar-refractivity contribution in [3.8, 4) is 11.1 Å². The molecule has 11 heteroatoms. The maximum Gasteiger partial charge on any atom is 0.251 e. The molecule has 5 N–H and O–H groups in total. The maximum absolute atomic E-state index is 12.6. The van der Waals surface area contributed by atoms with E-state index in [0.717, 1.165) is 38.1 Å². The van der Waals surface area contributed by atoms with Crippen LogP contribution in [0.2, 0.25) is 0 Å². The normalized spacial score (nSPS) is 16.9. The predicted octanol–water partition coefficient (Wildman–Crippen LogP) is 7.21. The number of aliphatic hydroxyl groups excluding tert-OH is 1. The Morgan fingerprint density at radius 1 is 0.811 bits per heavy atom. The van der Waals surface area contributed by atoms with E-state index in [0.29, 0.717) is 60.8 Å². The average molecular weight is 733 g/mol. The van der Waals surface area contributed by atoms with Gasteiger partial charge >= 0.3 is 0 Å². The van der Waals surface area contributed by atoms with Crippen LogP contribution in [0, 0.1) is 5.21 Å². The van der Waals surface area contributed by atoms with Crippen molar-refractivity contribution >= 4 is 35.0 Å². The van der Waals surface area contributed by atoms with Gasteiger partial charge in [-0.1, -0.05) is 90.6 Å². The summed E-state index contributed by atoms with van der Waals surface area (Å²) >= 11 is 1.46. The lowest BCUT2D eigenvalue weighted by Crippen LogP contribution is -2.32. The number of hydrogen-bond donors (Lipinski definition) is 4. The fraction of sp³-hybridized carbons (Fsp3) is 0.262. The summed E-state index contributed by atoms with van der Waals surface area (Å²) in [6.07, 6.45) is 2.96. The lowest BCUT2D eigenvalue weighted by molar-refractivity contribution is -0.645. The zero-order chi connectivity index (χ0) is 37.0. The Morgan fingerprint density at radius 3 is 2.30 bits per heavy atom. The topological polar surface area (TPSA) is 150 Å². The second-order valence-corrected chi connectivity index (χ2v) is 14.0. The van der Waals surface area contributed by atoms with Crippen molar-refractivity contribution in [2.45, 2.75) is 68.8 Å². The van der Waals surface area contributed by atoms with E-state index in [4.69, 9.17) is 15.2 Å². The van der Waals surface area contributed by atoms with Gasteiger partial charge in [0.2, 0.25) is 11.8 Å². The number of thioether (sulfide) groups is 1. The molecule has 53 heavy (non-hydrogen) atoms. The number of aromatic nitrogens is 1. The molecule has 4 aromatic carbocycles. The molecule has 10 nitrogen and oxygen atoms in total. The molecule has 1 aromatic heterocycles. The molecule has 3 atom stereocenters. The number of aliphatic hydroxyl groups is 1. The molecule has 1 aliphatic rings. The summed E-state index contributed by atoms with van der Waals surface area (Å²) in [7, 11) is 0. The minimum absolute atomic E-state index is 0.0253. The number of anilines is 2. The van der Waals surface area contributed by atoms with Crippen LogP contribution in [0.1, 0.15) is 66.8 Å². The number of nitrogens with one attached hydrogen (secondary N) is 2. The minimum atomic E-state index is -0.611. The van der Waals surface area contributed by atoms with E-state index in [1.54, 1.807) is 24.3 Å². The van der Waals surface area contributed by atoms with Crippen LogP contribution in [0.3, 0.4) is 0 Å². The molecule has 2 heterocycles. The molecule has 0 aliphatic carbocycles. The zero-order valence-electron chi connectivity index (χ0n) is 29.4. The first kappa shape index (κ1) is 37.6. The molecule has 1 saturated heterocycles. The van der Waals surface area contributed by atoms with Gasteiger partial charge in [0.05, 0.1) is 30.2 Å². The van der Waals surface area contributed by atoms with Crippen molar-refractivity contribution in [3.63, 3.8) is 0 Å². The van der Waals surface area contributed by atoms with Crippen LogP contribution >= 0.6 is 11.8 Å². The Labute approximate surface area is 313 Å². The molecule has 1 aliphatic heterocycles. The van der Waals surface area contributed by atoms with E-state index >= 15 is 0 Å². The molecule has 0 saturated carbocycles. The second kappa shape index (κ2) is 18.5. The van der Waals surface area contributed by atoms with E-state index in [2.05, 4.69) is 16.7 Å². The molecule has 0 spiro atoms. The van der Waals surface area contributed by atoms with Crippen molar-refractivity contribution in [1.82, 2.24) is 5.32 Å². The highest BCUT2D eigenvalue weighted by molar-refractivity contribution is 7.99. The van der Waals surface area contributed by atoms with Gasteiger partial charge in [0, 0.05) is 49.3 Å². The highest BCUT2D eigenvalue weighted by atomic mass is 32.2. The Balaban J connectivity index is 1.03. The molecule has 1 fully saturated rings. The number of rotatable bonds is 15. The molecule has 5 aromatic rings. The number of para-hydroxylation sites is 2. The van der Waals surface area contributed by atoms with Crippen LogP contribution in [0.15, 0.2) is 126 Å². The van der Waals surface area contributed by atoms with Gasteiger partial charge in [-0.25, -0.2) is 0 Å². The van der Waals surface area contributed by atoms with Gasteiger partial charge in [0.25, 0.3) is 5.03 Å². The van der Waals surface area contributed by atoms with Crippen molar-refractivity contribution in [2.75, 3.05) is 16.8 Å². The number of unbranched alkanes of at least 4 members (excludes halogenated alkanes) is 1. The fourth-order valence-electron chi connectivity index (χ4n) is 6.10. The minimum Gasteiger partial charge on any atom is -0.618 e. The fourth-order valence-corrected chi connectivity index (χ4v) is 7.04. The van der Waals surface area contributed by atoms with Crippen LogP contribution < -0.4 is 21.1 Å². The quantitative estimate of drug-likeness (QED) is 0.0290. The van der Waals surface area contributed by atoms with E-state index < -0.39 is 6.29 Å². The number of ether oxygens (including phenoxy) is 2. The first-order valence-electron chi connectivity index (χ1n) is 17.8. The number of pyridine rings is 1. The molecular formula is C42H44N4O6S. The van der Waals surface area contributed by atoms with Gasteiger partial charge in [-0.15, -0.1) is 0 Å². The molecular weight excluding hydrogens is 689 g/mol. The predicted molar refractivity (Wildman–Crippen MR) is 206 cm³/mol. The number of carbonyl (C=O) groups excluding carboxylic acids is 2. The summed E-state index contributed by atoms with van der Waals surface area (Å²) in [6, 6.07) is 36.4. The number of nitrogens with zero attached hydrogens (tertiary/aromatic N) is 1. The van der Waals surface area contributed by atoms with Crippen LogP contribution in [0.4, 0.5) is 11.4 Å². The van der Waals surface area contributed by atoms with Crippen LogP contribution in [-0.2, 0) is 32.2 Å². The zero-order valence-corrected chi connectivity index (χ0v) is 30.2. The average Bonchev–Trinajstić information content (AvgIpc) is 3.19. The summed E-state index contributed by atoms with van der Waals surface area (Å²) in [4.78, 5) is 24.8.